The highest BCUT2D eigenvalue weighted by molar-refractivity contribution is 9.10. The van der Waals surface area contributed by atoms with E-state index in [1.165, 1.54) is 12.1 Å². The van der Waals surface area contributed by atoms with Crippen LogP contribution in [0, 0.1) is 5.82 Å². The third kappa shape index (κ3) is 2.56. The zero-order valence-corrected chi connectivity index (χ0v) is 14.0. The first-order valence-electron chi connectivity index (χ1n) is 6.24. The van der Waals surface area contributed by atoms with Crippen LogP contribution in [0.3, 0.4) is 0 Å². The van der Waals surface area contributed by atoms with Gasteiger partial charge in [-0.2, -0.15) is 0 Å². The van der Waals surface area contributed by atoms with E-state index in [4.69, 9.17) is 23.2 Å². The second-order valence-electron chi connectivity index (χ2n) is 4.72. The summed E-state index contributed by atoms with van der Waals surface area (Å²) in [5.41, 5.74) is 2.33. The molecule has 3 aromatic rings. The van der Waals surface area contributed by atoms with E-state index in [2.05, 4.69) is 20.9 Å². The highest BCUT2D eigenvalue weighted by atomic mass is 79.9. The molecule has 0 aliphatic rings. The maximum atomic E-state index is 13.7. The molecule has 0 saturated heterocycles. The molecule has 0 aliphatic carbocycles. The number of benzene rings is 2. The van der Waals surface area contributed by atoms with E-state index < -0.39 is 5.82 Å². The van der Waals surface area contributed by atoms with Gasteiger partial charge in [-0.25, -0.2) is 9.37 Å². The number of nitrogens with zero attached hydrogens (tertiary/aromatic N) is 2. The van der Waals surface area contributed by atoms with Crippen molar-refractivity contribution in [1.29, 1.82) is 0 Å². The summed E-state index contributed by atoms with van der Waals surface area (Å²) in [6.45, 7) is 1.91. The number of imidazole rings is 1. The molecule has 3 rings (SSSR count). The number of fused-ring (bicyclic) bond motifs is 1. The average Bonchev–Trinajstić information content (AvgIpc) is 2.86. The Bertz CT molecular complexity index is 832. The van der Waals surface area contributed by atoms with Crippen molar-refractivity contribution in [2.45, 2.75) is 13.0 Å². The summed E-state index contributed by atoms with van der Waals surface area (Å²) in [4.78, 5) is 4.35. The molecule has 0 bridgehead atoms. The van der Waals surface area contributed by atoms with Crippen molar-refractivity contribution in [1.82, 2.24) is 9.55 Å². The normalized spacial score (nSPS) is 12.8. The smallest absolute Gasteiger partial charge is 0.142 e. The molecule has 108 valence electrons. The van der Waals surface area contributed by atoms with Crippen molar-refractivity contribution < 1.29 is 4.39 Å². The summed E-state index contributed by atoms with van der Waals surface area (Å²) in [7, 11) is 0. The Labute approximate surface area is 139 Å². The first-order valence-corrected chi connectivity index (χ1v) is 7.79. The van der Waals surface area contributed by atoms with Gasteiger partial charge in [0.2, 0.25) is 0 Å². The third-order valence-electron chi connectivity index (χ3n) is 3.45. The first-order chi connectivity index (χ1) is 9.99. The number of hydrogen-bond acceptors (Lipinski definition) is 1. The molecule has 0 aliphatic heterocycles. The lowest BCUT2D eigenvalue weighted by Gasteiger charge is -2.18. The molecule has 0 N–H and O–H groups in total. The minimum absolute atomic E-state index is 0.0480. The lowest BCUT2D eigenvalue weighted by molar-refractivity contribution is 0.610. The van der Waals surface area contributed by atoms with Crippen LogP contribution < -0.4 is 0 Å². The molecule has 2 aromatic carbocycles. The van der Waals surface area contributed by atoms with Gasteiger partial charge in [0.05, 0.1) is 28.4 Å². The molecule has 0 saturated carbocycles. The molecular formula is C15H10BrCl2FN2. The van der Waals surface area contributed by atoms with Crippen LogP contribution in [0.1, 0.15) is 18.5 Å². The minimum Gasteiger partial charge on any atom is -0.323 e. The van der Waals surface area contributed by atoms with Gasteiger partial charge in [0.15, 0.2) is 0 Å². The zero-order valence-electron chi connectivity index (χ0n) is 10.9. The molecule has 6 heteroatoms. The predicted octanol–water partition coefficient (Wildman–Crippen LogP) is 5.85. The summed E-state index contributed by atoms with van der Waals surface area (Å²) in [6, 6.07) is 8.34. The van der Waals surface area contributed by atoms with Gasteiger partial charge in [-0.05, 0) is 37.3 Å². The van der Waals surface area contributed by atoms with E-state index >= 15 is 0 Å². The van der Waals surface area contributed by atoms with Crippen molar-refractivity contribution in [3.8, 4) is 0 Å². The number of hydrogen-bond donors (Lipinski definition) is 0. The van der Waals surface area contributed by atoms with Crippen molar-refractivity contribution in [2.75, 3.05) is 0 Å². The van der Waals surface area contributed by atoms with Gasteiger partial charge in [-0.15, -0.1) is 0 Å². The summed E-state index contributed by atoms with van der Waals surface area (Å²) in [5, 5.41) is 0.484. The molecule has 0 amide bonds. The van der Waals surface area contributed by atoms with Crippen molar-refractivity contribution in [3.63, 3.8) is 0 Å². The van der Waals surface area contributed by atoms with Crippen LogP contribution in [0.2, 0.25) is 10.0 Å². The Morgan fingerprint density at radius 2 is 2.00 bits per heavy atom. The van der Waals surface area contributed by atoms with Crippen LogP contribution in [0.15, 0.2) is 41.1 Å². The second kappa shape index (κ2) is 5.59. The maximum absolute atomic E-state index is 13.7. The van der Waals surface area contributed by atoms with E-state index in [1.807, 2.05) is 29.7 Å². The molecule has 1 atom stereocenters. The number of rotatable bonds is 2. The Morgan fingerprint density at radius 3 is 2.76 bits per heavy atom. The summed E-state index contributed by atoms with van der Waals surface area (Å²) < 4.78 is 16.6. The highest BCUT2D eigenvalue weighted by Crippen LogP contribution is 2.35. The van der Waals surface area contributed by atoms with Gasteiger partial charge in [0.1, 0.15) is 5.82 Å². The SMILES string of the molecule is C[C@H](c1c(Cl)ccc(F)c1Cl)n1cnc2ccc(Br)cc21. The van der Waals surface area contributed by atoms with Crippen LogP contribution in [-0.4, -0.2) is 9.55 Å². The Hall–Kier alpha value is -1.10. The van der Waals surface area contributed by atoms with Crippen molar-refractivity contribution in [3.05, 3.63) is 62.6 Å². The standard InChI is InChI=1S/C15H10BrCl2FN2/c1-8(14-10(17)3-4-11(19)15(14)18)21-7-20-12-5-2-9(16)6-13(12)21/h2-8H,1H3/t8-/m1/s1. The van der Waals surface area contributed by atoms with Crippen LogP contribution >= 0.6 is 39.1 Å². The van der Waals surface area contributed by atoms with Crippen molar-refractivity contribution in [2.24, 2.45) is 0 Å². The predicted molar refractivity (Wildman–Crippen MR) is 87.7 cm³/mol. The van der Waals surface area contributed by atoms with Crippen LogP contribution in [0.25, 0.3) is 11.0 Å². The van der Waals surface area contributed by atoms with Gasteiger partial charge in [-0.1, -0.05) is 39.1 Å². The monoisotopic (exact) mass is 386 g/mol. The molecule has 0 unspecified atom stereocenters. The van der Waals surface area contributed by atoms with E-state index in [1.54, 1.807) is 6.33 Å². The van der Waals surface area contributed by atoms with Gasteiger partial charge in [-0.3, -0.25) is 0 Å². The molecule has 0 spiro atoms. The average molecular weight is 388 g/mol. The topological polar surface area (TPSA) is 17.8 Å². The van der Waals surface area contributed by atoms with E-state index in [-0.39, 0.29) is 11.1 Å². The largest absolute Gasteiger partial charge is 0.323 e. The first kappa shape index (κ1) is 14.8. The Balaban J connectivity index is 2.19. The molecular weight excluding hydrogens is 378 g/mol. The minimum atomic E-state index is -0.478. The Morgan fingerprint density at radius 1 is 1.24 bits per heavy atom. The van der Waals surface area contributed by atoms with Gasteiger partial charge in [0.25, 0.3) is 0 Å². The summed E-state index contributed by atoms with van der Waals surface area (Å²) in [5.74, 6) is -0.478. The molecule has 1 heterocycles. The maximum Gasteiger partial charge on any atom is 0.142 e. The molecule has 2 nitrogen and oxygen atoms in total. The van der Waals surface area contributed by atoms with Crippen LogP contribution in [0.4, 0.5) is 4.39 Å². The quantitative estimate of drug-likeness (QED) is 0.504. The molecule has 0 fully saturated rings. The number of halogens is 4. The fourth-order valence-electron chi connectivity index (χ4n) is 2.37. The molecule has 0 radical (unpaired) electrons. The highest BCUT2D eigenvalue weighted by Gasteiger charge is 2.20. The van der Waals surface area contributed by atoms with Crippen LogP contribution in [0.5, 0.6) is 0 Å². The zero-order chi connectivity index (χ0) is 15.1. The fraction of sp³-hybridized carbons (Fsp3) is 0.133. The molecule has 1 aromatic heterocycles. The number of aromatic nitrogens is 2. The summed E-state index contributed by atoms with van der Waals surface area (Å²) >= 11 is 15.7. The Kier molecular flexibility index (Phi) is 3.95. The van der Waals surface area contributed by atoms with E-state index in [9.17, 15) is 4.39 Å². The lowest BCUT2D eigenvalue weighted by atomic mass is 10.1. The lowest BCUT2D eigenvalue weighted by Crippen LogP contribution is -2.07. The fourth-order valence-corrected chi connectivity index (χ4v) is 3.41. The van der Waals surface area contributed by atoms with Crippen LogP contribution in [-0.2, 0) is 0 Å². The van der Waals surface area contributed by atoms with Gasteiger partial charge < -0.3 is 4.57 Å². The van der Waals surface area contributed by atoms with Gasteiger partial charge >= 0.3 is 0 Å². The third-order valence-corrected chi connectivity index (χ3v) is 4.66. The summed E-state index contributed by atoms with van der Waals surface area (Å²) in [6.07, 6.45) is 1.71. The molecule has 21 heavy (non-hydrogen) atoms. The second-order valence-corrected chi connectivity index (χ2v) is 6.42. The van der Waals surface area contributed by atoms with E-state index in [0.29, 0.717) is 10.6 Å². The van der Waals surface area contributed by atoms with Crippen molar-refractivity contribution >= 4 is 50.2 Å². The van der Waals surface area contributed by atoms with E-state index in [0.717, 1.165) is 15.5 Å². The van der Waals surface area contributed by atoms with Gasteiger partial charge in [0, 0.05) is 15.1 Å².